The molecule has 0 bridgehead atoms. The lowest BCUT2D eigenvalue weighted by atomic mass is 9.44. The van der Waals surface area contributed by atoms with Crippen LogP contribution in [0.25, 0.3) is 0 Å². The summed E-state index contributed by atoms with van der Waals surface area (Å²) in [5, 5.41) is 31.6. The summed E-state index contributed by atoms with van der Waals surface area (Å²) in [4.78, 5) is 12.6. The summed E-state index contributed by atoms with van der Waals surface area (Å²) < 4.78 is 0. The molecule has 4 heteroatoms. The summed E-state index contributed by atoms with van der Waals surface area (Å²) in [5.41, 5.74) is -1.97. The Hall–Kier alpha value is -0.890. The molecule has 3 N–H and O–H groups in total. The van der Waals surface area contributed by atoms with Gasteiger partial charge in [-0.3, -0.25) is 4.79 Å². The van der Waals surface area contributed by atoms with Crippen molar-refractivity contribution in [3.8, 4) is 12.3 Å². The Morgan fingerprint density at radius 2 is 1.80 bits per heavy atom. The summed E-state index contributed by atoms with van der Waals surface area (Å²) >= 11 is 0. The highest BCUT2D eigenvalue weighted by molar-refractivity contribution is 5.87. The molecule has 4 unspecified atom stereocenters. The Morgan fingerprint density at radius 1 is 1.08 bits per heavy atom. The highest BCUT2D eigenvalue weighted by Gasteiger charge is 2.68. The van der Waals surface area contributed by atoms with Gasteiger partial charge in [0, 0.05) is 11.3 Å². The number of Topliss-reactive ketones (excluding diaryl/α,β-unsaturated/α-hetero) is 1. The molecular weight excluding hydrogens is 316 g/mol. The third-order valence-corrected chi connectivity index (χ3v) is 8.94. The largest absolute Gasteiger partial charge is 0.389 e. The number of ketones is 1. The molecule has 0 spiro atoms. The second-order valence-corrected chi connectivity index (χ2v) is 9.59. The zero-order chi connectivity index (χ0) is 18.2. The number of fused-ring (bicyclic) bond motifs is 5. The molecule has 4 rings (SSSR count). The number of terminal acetylenes is 1. The zero-order valence-corrected chi connectivity index (χ0v) is 15.2. The van der Waals surface area contributed by atoms with Gasteiger partial charge in [-0.05, 0) is 68.1 Å². The topological polar surface area (TPSA) is 77.8 Å². The SMILES string of the molecule is C#CC1(O)C(O)C[C@H]2[C@@H]3CCC4C(=O)C(O)CC[C@]4(C)[C@@H]3CC[C@@]21C. The van der Waals surface area contributed by atoms with Gasteiger partial charge < -0.3 is 15.3 Å². The average molecular weight is 346 g/mol. The quantitative estimate of drug-likeness (QED) is 0.586. The Morgan fingerprint density at radius 3 is 2.48 bits per heavy atom. The Balaban J connectivity index is 1.69. The van der Waals surface area contributed by atoms with Crippen molar-refractivity contribution in [3.63, 3.8) is 0 Å². The van der Waals surface area contributed by atoms with Crippen LogP contribution in [0.3, 0.4) is 0 Å². The first-order valence-corrected chi connectivity index (χ1v) is 9.79. The molecule has 4 aliphatic carbocycles. The number of carbonyl (C=O) groups is 1. The second-order valence-electron chi connectivity index (χ2n) is 9.59. The molecule has 0 radical (unpaired) electrons. The van der Waals surface area contributed by atoms with Gasteiger partial charge in [-0.1, -0.05) is 19.8 Å². The highest BCUT2D eigenvalue weighted by atomic mass is 16.3. The van der Waals surface area contributed by atoms with E-state index in [1.165, 1.54) is 0 Å². The molecule has 138 valence electrons. The number of aliphatic hydroxyl groups is 3. The third kappa shape index (κ3) is 1.98. The number of carbonyl (C=O) groups excluding carboxylic acids is 1. The lowest BCUT2D eigenvalue weighted by molar-refractivity contribution is -0.166. The van der Waals surface area contributed by atoms with Crippen molar-refractivity contribution in [2.24, 2.45) is 34.5 Å². The molecule has 0 aliphatic heterocycles. The predicted molar refractivity (Wildman–Crippen MR) is 93.3 cm³/mol. The maximum absolute atomic E-state index is 12.6. The third-order valence-electron chi connectivity index (χ3n) is 8.94. The van der Waals surface area contributed by atoms with Gasteiger partial charge in [-0.25, -0.2) is 0 Å². The summed E-state index contributed by atoms with van der Waals surface area (Å²) in [6.45, 7) is 4.29. The Kier molecular flexibility index (Phi) is 3.72. The van der Waals surface area contributed by atoms with Gasteiger partial charge in [0.2, 0.25) is 0 Å². The monoisotopic (exact) mass is 346 g/mol. The van der Waals surface area contributed by atoms with Gasteiger partial charge in [0.1, 0.15) is 6.10 Å². The lowest BCUT2D eigenvalue weighted by Gasteiger charge is -2.60. The maximum atomic E-state index is 12.6. The number of rotatable bonds is 0. The van der Waals surface area contributed by atoms with Crippen LogP contribution in [0.15, 0.2) is 0 Å². The molecular formula is C21H30O4. The van der Waals surface area contributed by atoms with Crippen LogP contribution in [-0.2, 0) is 4.79 Å². The van der Waals surface area contributed by atoms with Crippen LogP contribution in [0, 0.1) is 46.8 Å². The van der Waals surface area contributed by atoms with Crippen molar-refractivity contribution in [2.75, 3.05) is 0 Å². The van der Waals surface area contributed by atoms with E-state index in [9.17, 15) is 20.1 Å². The van der Waals surface area contributed by atoms with E-state index < -0.39 is 23.2 Å². The summed E-state index contributed by atoms with van der Waals surface area (Å²) in [7, 11) is 0. The van der Waals surface area contributed by atoms with Crippen molar-refractivity contribution in [1.29, 1.82) is 0 Å². The van der Waals surface area contributed by atoms with E-state index in [1.54, 1.807) is 0 Å². The van der Waals surface area contributed by atoms with Crippen molar-refractivity contribution in [2.45, 2.75) is 76.6 Å². The van der Waals surface area contributed by atoms with Gasteiger partial charge in [-0.15, -0.1) is 6.42 Å². The normalized spacial score (nSPS) is 58.0. The number of hydrogen-bond donors (Lipinski definition) is 3. The molecule has 0 aromatic heterocycles. The van der Waals surface area contributed by atoms with E-state index in [1.807, 2.05) is 6.92 Å². The fraction of sp³-hybridized carbons (Fsp3) is 0.857. The predicted octanol–water partition coefficient (Wildman–Crippen LogP) is 1.90. The van der Waals surface area contributed by atoms with Crippen LogP contribution in [0.4, 0.5) is 0 Å². The fourth-order valence-corrected chi connectivity index (χ4v) is 7.39. The fourth-order valence-electron chi connectivity index (χ4n) is 7.39. The van der Waals surface area contributed by atoms with Crippen molar-refractivity contribution < 1.29 is 20.1 Å². The smallest absolute Gasteiger partial charge is 0.164 e. The van der Waals surface area contributed by atoms with Crippen molar-refractivity contribution in [1.82, 2.24) is 0 Å². The van der Waals surface area contributed by atoms with Crippen LogP contribution < -0.4 is 0 Å². The van der Waals surface area contributed by atoms with Gasteiger partial charge in [0.15, 0.2) is 11.4 Å². The summed E-state index contributed by atoms with van der Waals surface area (Å²) in [5.74, 6) is 3.51. The lowest BCUT2D eigenvalue weighted by Crippen LogP contribution is -2.59. The molecule has 4 nitrogen and oxygen atoms in total. The first-order chi connectivity index (χ1) is 11.7. The standard InChI is InChI=1S/C21H30O4/c1-4-21(25)17(23)11-15-12-5-6-14-18(24)16(22)8-9-19(14,2)13(12)7-10-20(15,21)3/h1,12-17,22-23,25H,5-11H2,2-3H3/t12-,13-,14?,15+,16?,17?,19-,20+,21?/m1/s1. The molecule has 9 atom stereocenters. The average Bonchev–Trinajstić information content (AvgIpc) is 2.79. The van der Waals surface area contributed by atoms with Crippen LogP contribution in [-0.4, -0.2) is 38.9 Å². The molecule has 25 heavy (non-hydrogen) atoms. The molecule has 0 aromatic rings. The summed E-state index contributed by atoms with van der Waals surface area (Å²) in [6.07, 6.45) is 9.46. The van der Waals surface area contributed by atoms with Crippen molar-refractivity contribution in [3.05, 3.63) is 0 Å². The molecule has 0 heterocycles. The van der Waals surface area contributed by atoms with E-state index >= 15 is 0 Å². The van der Waals surface area contributed by atoms with E-state index in [0.717, 1.165) is 32.1 Å². The van der Waals surface area contributed by atoms with Gasteiger partial charge in [-0.2, -0.15) is 0 Å². The van der Waals surface area contributed by atoms with Crippen LogP contribution in [0.2, 0.25) is 0 Å². The first kappa shape index (κ1) is 17.5. The van der Waals surface area contributed by atoms with E-state index in [0.29, 0.717) is 24.7 Å². The number of aliphatic hydroxyl groups excluding tert-OH is 2. The Labute approximate surface area is 150 Å². The molecule has 4 fully saturated rings. The van der Waals surface area contributed by atoms with E-state index in [4.69, 9.17) is 6.42 Å². The van der Waals surface area contributed by atoms with Crippen LogP contribution >= 0.6 is 0 Å². The van der Waals surface area contributed by atoms with E-state index in [-0.39, 0.29) is 23.0 Å². The maximum Gasteiger partial charge on any atom is 0.164 e. The van der Waals surface area contributed by atoms with E-state index in [2.05, 4.69) is 12.8 Å². The molecule has 0 aromatic carbocycles. The van der Waals surface area contributed by atoms with Crippen LogP contribution in [0.1, 0.15) is 58.8 Å². The molecule has 4 saturated carbocycles. The Bertz CT molecular complexity index is 638. The highest BCUT2D eigenvalue weighted by Crippen LogP contribution is 2.67. The minimum absolute atomic E-state index is 0.0344. The van der Waals surface area contributed by atoms with Crippen molar-refractivity contribution >= 4 is 5.78 Å². The van der Waals surface area contributed by atoms with Gasteiger partial charge in [0.05, 0.1) is 6.10 Å². The van der Waals surface area contributed by atoms with Gasteiger partial charge >= 0.3 is 0 Å². The zero-order valence-electron chi connectivity index (χ0n) is 15.2. The minimum atomic E-state index is -1.45. The van der Waals surface area contributed by atoms with Crippen LogP contribution in [0.5, 0.6) is 0 Å². The number of hydrogen-bond acceptors (Lipinski definition) is 4. The molecule has 4 aliphatic rings. The summed E-state index contributed by atoms with van der Waals surface area (Å²) in [6, 6.07) is 0. The molecule has 0 amide bonds. The first-order valence-electron chi connectivity index (χ1n) is 9.79. The minimum Gasteiger partial charge on any atom is -0.389 e. The van der Waals surface area contributed by atoms with Gasteiger partial charge in [0.25, 0.3) is 0 Å². The second kappa shape index (κ2) is 5.31. The molecule has 0 saturated heterocycles.